The highest BCUT2D eigenvalue weighted by molar-refractivity contribution is 7.89. The van der Waals surface area contributed by atoms with E-state index in [0.29, 0.717) is 22.9 Å². The maximum atomic E-state index is 12.7. The van der Waals surface area contributed by atoms with Gasteiger partial charge in [-0.15, -0.1) is 0 Å². The number of hydrogen-bond acceptors (Lipinski definition) is 3. The van der Waals surface area contributed by atoms with Crippen LogP contribution in [0.25, 0.3) is 0 Å². The van der Waals surface area contributed by atoms with Crippen LogP contribution in [0.4, 0.5) is 0 Å². The Morgan fingerprint density at radius 2 is 1.95 bits per heavy atom. The van der Waals surface area contributed by atoms with Crippen LogP contribution in [0.15, 0.2) is 29.2 Å². The lowest BCUT2D eigenvalue weighted by atomic mass is 9.94. The summed E-state index contributed by atoms with van der Waals surface area (Å²) in [5.74, 6) is 5.68. The second-order valence-corrected chi connectivity index (χ2v) is 7.35. The zero-order valence-corrected chi connectivity index (χ0v) is 13.2. The average molecular weight is 307 g/mol. The summed E-state index contributed by atoms with van der Waals surface area (Å²) in [6.07, 6.45) is 1.98. The van der Waals surface area contributed by atoms with Gasteiger partial charge in [-0.2, -0.15) is 4.31 Å². The summed E-state index contributed by atoms with van der Waals surface area (Å²) >= 11 is 0. The zero-order valence-electron chi connectivity index (χ0n) is 12.4. The fourth-order valence-electron chi connectivity index (χ4n) is 2.62. The first-order valence-corrected chi connectivity index (χ1v) is 8.62. The van der Waals surface area contributed by atoms with E-state index in [1.807, 2.05) is 6.92 Å². The summed E-state index contributed by atoms with van der Waals surface area (Å²) in [6, 6.07) is 6.55. The summed E-state index contributed by atoms with van der Waals surface area (Å²) in [5.41, 5.74) is 0.697. The third-order valence-corrected chi connectivity index (χ3v) is 6.09. The van der Waals surface area contributed by atoms with Crippen molar-refractivity contribution in [2.24, 2.45) is 5.92 Å². The molecule has 21 heavy (non-hydrogen) atoms. The van der Waals surface area contributed by atoms with E-state index in [1.165, 1.54) is 0 Å². The molecule has 0 aliphatic carbocycles. The predicted octanol–water partition coefficient (Wildman–Crippen LogP) is 1.84. The molecule has 1 N–H and O–H groups in total. The molecule has 1 aliphatic rings. The summed E-state index contributed by atoms with van der Waals surface area (Å²) in [5, 5.41) is 8.66. The van der Waals surface area contributed by atoms with Gasteiger partial charge in [0, 0.05) is 18.2 Å². The number of aliphatic hydroxyl groups is 1. The summed E-state index contributed by atoms with van der Waals surface area (Å²) in [7, 11) is -3.45. The molecule has 1 aliphatic heterocycles. The van der Waals surface area contributed by atoms with Crippen molar-refractivity contribution < 1.29 is 13.5 Å². The van der Waals surface area contributed by atoms with E-state index in [-0.39, 0.29) is 12.6 Å². The van der Waals surface area contributed by atoms with Crippen molar-refractivity contribution in [1.29, 1.82) is 0 Å². The van der Waals surface area contributed by atoms with E-state index in [4.69, 9.17) is 5.11 Å². The SMILES string of the molecule is CC1CCCN(S(=O)(=O)c2ccc(C#CCO)cc2)C1C. The molecule has 2 rings (SSSR count). The molecule has 0 amide bonds. The number of nitrogens with zero attached hydrogens (tertiary/aromatic N) is 1. The minimum absolute atomic E-state index is 0.0256. The lowest BCUT2D eigenvalue weighted by Crippen LogP contribution is -2.45. The largest absolute Gasteiger partial charge is 0.384 e. The summed E-state index contributed by atoms with van der Waals surface area (Å²) in [4.78, 5) is 0.304. The van der Waals surface area contributed by atoms with E-state index >= 15 is 0 Å². The molecule has 1 aromatic carbocycles. The second kappa shape index (κ2) is 6.61. The highest BCUT2D eigenvalue weighted by Gasteiger charge is 2.34. The second-order valence-electron chi connectivity index (χ2n) is 5.46. The Labute approximate surface area is 126 Å². The van der Waals surface area contributed by atoms with E-state index in [1.54, 1.807) is 28.6 Å². The van der Waals surface area contributed by atoms with Gasteiger partial charge in [-0.05, 0) is 49.9 Å². The Morgan fingerprint density at radius 1 is 1.29 bits per heavy atom. The van der Waals surface area contributed by atoms with Crippen molar-refractivity contribution in [3.8, 4) is 11.8 Å². The van der Waals surface area contributed by atoms with E-state index in [2.05, 4.69) is 18.8 Å². The van der Waals surface area contributed by atoms with Crippen LogP contribution < -0.4 is 0 Å². The molecule has 1 fully saturated rings. The van der Waals surface area contributed by atoms with Crippen LogP contribution in [0, 0.1) is 17.8 Å². The van der Waals surface area contributed by atoms with Crippen molar-refractivity contribution in [3.63, 3.8) is 0 Å². The van der Waals surface area contributed by atoms with Gasteiger partial charge >= 0.3 is 0 Å². The first-order valence-electron chi connectivity index (χ1n) is 7.18. The molecule has 1 aromatic rings. The van der Waals surface area contributed by atoms with Crippen LogP contribution in [0.2, 0.25) is 0 Å². The molecular weight excluding hydrogens is 286 g/mol. The molecule has 114 valence electrons. The van der Waals surface area contributed by atoms with Crippen LogP contribution in [0.3, 0.4) is 0 Å². The van der Waals surface area contributed by atoms with Gasteiger partial charge < -0.3 is 5.11 Å². The van der Waals surface area contributed by atoms with Crippen molar-refractivity contribution in [2.75, 3.05) is 13.2 Å². The smallest absolute Gasteiger partial charge is 0.243 e. The Morgan fingerprint density at radius 3 is 2.57 bits per heavy atom. The fraction of sp³-hybridized carbons (Fsp3) is 0.500. The molecule has 0 aromatic heterocycles. The van der Waals surface area contributed by atoms with Gasteiger partial charge in [-0.1, -0.05) is 18.8 Å². The monoisotopic (exact) mass is 307 g/mol. The maximum Gasteiger partial charge on any atom is 0.243 e. The first kappa shape index (κ1) is 16.0. The van der Waals surface area contributed by atoms with Crippen LogP contribution in [0.5, 0.6) is 0 Å². The van der Waals surface area contributed by atoms with E-state index in [9.17, 15) is 8.42 Å². The Hall–Kier alpha value is -1.35. The van der Waals surface area contributed by atoms with E-state index in [0.717, 1.165) is 12.8 Å². The van der Waals surface area contributed by atoms with Gasteiger partial charge in [-0.3, -0.25) is 0 Å². The number of benzene rings is 1. The molecule has 0 bridgehead atoms. The molecule has 4 nitrogen and oxygen atoms in total. The molecule has 1 saturated heterocycles. The topological polar surface area (TPSA) is 57.6 Å². The van der Waals surface area contributed by atoms with Crippen molar-refractivity contribution >= 4 is 10.0 Å². The number of sulfonamides is 1. The molecule has 0 radical (unpaired) electrons. The average Bonchev–Trinajstić information content (AvgIpc) is 2.48. The molecular formula is C16H21NO3S. The highest BCUT2D eigenvalue weighted by Crippen LogP contribution is 2.28. The molecule has 2 unspecified atom stereocenters. The number of piperidine rings is 1. The van der Waals surface area contributed by atoms with Crippen molar-refractivity contribution in [3.05, 3.63) is 29.8 Å². The molecule has 2 atom stereocenters. The lowest BCUT2D eigenvalue weighted by molar-refractivity contribution is 0.202. The van der Waals surface area contributed by atoms with Crippen LogP contribution >= 0.6 is 0 Å². The lowest BCUT2D eigenvalue weighted by Gasteiger charge is -2.36. The molecule has 5 heteroatoms. The number of hydrogen-bond donors (Lipinski definition) is 1. The van der Waals surface area contributed by atoms with Gasteiger partial charge in [0.15, 0.2) is 0 Å². The van der Waals surface area contributed by atoms with Crippen molar-refractivity contribution in [2.45, 2.75) is 37.6 Å². The van der Waals surface area contributed by atoms with Gasteiger partial charge in [0.05, 0.1) is 4.90 Å². The number of aliphatic hydroxyl groups excluding tert-OH is 1. The van der Waals surface area contributed by atoms with Gasteiger partial charge in [0.2, 0.25) is 10.0 Å². The molecule has 0 saturated carbocycles. The maximum absolute atomic E-state index is 12.7. The highest BCUT2D eigenvalue weighted by atomic mass is 32.2. The van der Waals surface area contributed by atoms with Crippen molar-refractivity contribution in [1.82, 2.24) is 4.31 Å². The van der Waals surface area contributed by atoms with E-state index < -0.39 is 10.0 Å². The standard InChI is InChI=1S/C16H21NO3S/c1-13-5-3-11-17(14(13)2)21(19,20)16-9-7-15(8-10-16)6-4-12-18/h7-10,13-14,18H,3,5,11-12H2,1-2H3. The third kappa shape index (κ3) is 3.46. The summed E-state index contributed by atoms with van der Waals surface area (Å²) in [6.45, 7) is 4.45. The minimum Gasteiger partial charge on any atom is -0.384 e. The molecule has 0 spiro atoms. The normalized spacial score (nSPS) is 23.4. The Balaban J connectivity index is 2.27. The number of rotatable bonds is 2. The summed E-state index contributed by atoms with van der Waals surface area (Å²) < 4.78 is 27.0. The van der Waals surface area contributed by atoms with Crippen LogP contribution in [0.1, 0.15) is 32.3 Å². The minimum atomic E-state index is -3.45. The fourth-order valence-corrected chi connectivity index (χ4v) is 4.39. The predicted molar refractivity (Wildman–Crippen MR) is 82.2 cm³/mol. The van der Waals surface area contributed by atoms with Gasteiger partial charge in [-0.25, -0.2) is 8.42 Å². The Bertz CT molecular complexity index is 640. The third-order valence-electron chi connectivity index (χ3n) is 4.09. The van der Waals surface area contributed by atoms with Gasteiger partial charge in [0.25, 0.3) is 0 Å². The van der Waals surface area contributed by atoms with Gasteiger partial charge in [0.1, 0.15) is 6.61 Å². The van der Waals surface area contributed by atoms with Crippen LogP contribution in [-0.4, -0.2) is 37.0 Å². The quantitative estimate of drug-likeness (QED) is 0.848. The Kier molecular flexibility index (Phi) is 5.04. The zero-order chi connectivity index (χ0) is 15.5. The van der Waals surface area contributed by atoms with Crippen LogP contribution in [-0.2, 0) is 10.0 Å². The molecule has 1 heterocycles. The first-order chi connectivity index (χ1) is 9.96.